The van der Waals surface area contributed by atoms with Gasteiger partial charge in [-0.3, -0.25) is 0 Å². The standard InChI is InChI=1S/C16H21N3O/c1-11-12(2)20-16(18-11)10-19-9-13(7-8-17)14-5-3-4-6-15(14)19/h3-6,13H,7-10,17H2,1-2H3. The van der Waals surface area contributed by atoms with E-state index in [9.17, 15) is 0 Å². The van der Waals surface area contributed by atoms with Crippen molar-refractivity contribution in [2.24, 2.45) is 5.73 Å². The topological polar surface area (TPSA) is 55.3 Å². The van der Waals surface area contributed by atoms with Crippen molar-refractivity contribution < 1.29 is 4.42 Å². The largest absolute Gasteiger partial charge is 0.444 e. The summed E-state index contributed by atoms with van der Waals surface area (Å²) in [6.07, 6.45) is 1.02. The predicted molar refractivity (Wildman–Crippen MR) is 79.9 cm³/mol. The van der Waals surface area contributed by atoms with Gasteiger partial charge in [0.2, 0.25) is 5.89 Å². The molecule has 1 aromatic heterocycles. The highest BCUT2D eigenvalue weighted by molar-refractivity contribution is 5.60. The van der Waals surface area contributed by atoms with E-state index in [-0.39, 0.29) is 0 Å². The van der Waals surface area contributed by atoms with Crippen LogP contribution in [0.3, 0.4) is 0 Å². The second-order valence-corrected chi connectivity index (χ2v) is 5.46. The molecule has 2 aromatic rings. The van der Waals surface area contributed by atoms with Crippen LogP contribution in [0.2, 0.25) is 0 Å². The van der Waals surface area contributed by atoms with Gasteiger partial charge in [0.25, 0.3) is 0 Å². The van der Waals surface area contributed by atoms with Gasteiger partial charge in [-0.25, -0.2) is 4.98 Å². The molecular formula is C16H21N3O. The maximum atomic E-state index is 5.74. The van der Waals surface area contributed by atoms with Crippen LogP contribution in [0, 0.1) is 13.8 Å². The molecule has 0 saturated carbocycles. The normalized spacial score (nSPS) is 17.6. The third-order valence-electron chi connectivity index (χ3n) is 4.07. The molecule has 1 aromatic carbocycles. The van der Waals surface area contributed by atoms with Gasteiger partial charge in [-0.15, -0.1) is 0 Å². The molecule has 0 spiro atoms. The van der Waals surface area contributed by atoms with Crippen LogP contribution in [0.25, 0.3) is 0 Å². The molecule has 0 aliphatic carbocycles. The zero-order valence-electron chi connectivity index (χ0n) is 12.1. The van der Waals surface area contributed by atoms with E-state index >= 15 is 0 Å². The van der Waals surface area contributed by atoms with Crippen molar-refractivity contribution in [3.05, 3.63) is 47.2 Å². The molecule has 2 N–H and O–H groups in total. The van der Waals surface area contributed by atoms with E-state index in [1.807, 2.05) is 13.8 Å². The fourth-order valence-corrected chi connectivity index (χ4v) is 2.95. The average molecular weight is 271 g/mol. The minimum atomic E-state index is 0.522. The molecule has 4 nitrogen and oxygen atoms in total. The number of nitrogens with zero attached hydrogens (tertiary/aromatic N) is 2. The smallest absolute Gasteiger partial charge is 0.214 e. The molecule has 0 radical (unpaired) electrons. The number of fused-ring (bicyclic) bond motifs is 1. The molecule has 1 unspecified atom stereocenters. The van der Waals surface area contributed by atoms with Crippen molar-refractivity contribution in [2.45, 2.75) is 32.7 Å². The number of aromatic nitrogens is 1. The molecule has 0 bridgehead atoms. The van der Waals surface area contributed by atoms with Gasteiger partial charge in [0.05, 0.1) is 12.2 Å². The van der Waals surface area contributed by atoms with Crippen LogP contribution in [0.1, 0.15) is 35.2 Å². The van der Waals surface area contributed by atoms with Gasteiger partial charge >= 0.3 is 0 Å². The first kappa shape index (κ1) is 13.2. The Labute approximate surface area is 119 Å². The number of para-hydroxylation sites is 1. The van der Waals surface area contributed by atoms with Crippen LogP contribution in [0.15, 0.2) is 28.7 Å². The van der Waals surface area contributed by atoms with Crippen LogP contribution in [-0.4, -0.2) is 18.1 Å². The van der Waals surface area contributed by atoms with Gasteiger partial charge in [-0.2, -0.15) is 0 Å². The first-order valence-electron chi connectivity index (χ1n) is 7.16. The van der Waals surface area contributed by atoms with Crippen LogP contribution in [0.4, 0.5) is 5.69 Å². The van der Waals surface area contributed by atoms with Crippen molar-refractivity contribution in [1.29, 1.82) is 0 Å². The Bertz CT molecular complexity index is 586. The van der Waals surface area contributed by atoms with E-state index in [0.717, 1.165) is 43.4 Å². The van der Waals surface area contributed by atoms with Crippen LogP contribution < -0.4 is 10.6 Å². The van der Waals surface area contributed by atoms with E-state index in [1.54, 1.807) is 0 Å². The molecule has 2 heterocycles. The Balaban J connectivity index is 1.84. The highest BCUT2D eigenvalue weighted by Gasteiger charge is 2.28. The lowest BCUT2D eigenvalue weighted by molar-refractivity contribution is 0.464. The quantitative estimate of drug-likeness (QED) is 0.929. The highest BCUT2D eigenvalue weighted by atomic mass is 16.4. The lowest BCUT2D eigenvalue weighted by atomic mass is 9.98. The molecule has 1 atom stereocenters. The summed E-state index contributed by atoms with van der Waals surface area (Å²) in [5.41, 5.74) is 9.41. The fourth-order valence-electron chi connectivity index (χ4n) is 2.95. The molecular weight excluding hydrogens is 250 g/mol. The fraction of sp³-hybridized carbons (Fsp3) is 0.438. The predicted octanol–water partition coefficient (Wildman–Crippen LogP) is 2.74. The third kappa shape index (κ3) is 2.31. The second kappa shape index (κ2) is 5.29. The van der Waals surface area contributed by atoms with Gasteiger partial charge in [0.15, 0.2) is 0 Å². The maximum absolute atomic E-state index is 5.74. The summed E-state index contributed by atoms with van der Waals surface area (Å²) in [7, 11) is 0. The van der Waals surface area contributed by atoms with Crippen molar-refractivity contribution >= 4 is 5.69 Å². The Morgan fingerprint density at radius 2 is 2.15 bits per heavy atom. The number of oxazole rings is 1. The van der Waals surface area contributed by atoms with Crippen molar-refractivity contribution in [3.63, 3.8) is 0 Å². The molecule has 1 aliphatic rings. The van der Waals surface area contributed by atoms with E-state index < -0.39 is 0 Å². The van der Waals surface area contributed by atoms with E-state index in [1.165, 1.54) is 11.3 Å². The zero-order chi connectivity index (χ0) is 14.1. The first-order valence-corrected chi connectivity index (χ1v) is 7.16. The molecule has 0 amide bonds. The molecule has 0 saturated heterocycles. The van der Waals surface area contributed by atoms with Crippen LogP contribution >= 0.6 is 0 Å². The van der Waals surface area contributed by atoms with E-state index in [4.69, 9.17) is 10.2 Å². The van der Waals surface area contributed by atoms with Crippen molar-refractivity contribution in [3.8, 4) is 0 Å². The van der Waals surface area contributed by atoms with Gasteiger partial charge in [-0.05, 0) is 38.4 Å². The van der Waals surface area contributed by atoms with E-state index in [0.29, 0.717) is 5.92 Å². The second-order valence-electron chi connectivity index (χ2n) is 5.46. The molecule has 106 valence electrons. The highest BCUT2D eigenvalue weighted by Crippen LogP contribution is 2.38. The summed E-state index contributed by atoms with van der Waals surface area (Å²) in [5.74, 6) is 2.22. The third-order valence-corrected chi connectivity index (χ3v) is 4.07. The minimum Gasteiger partial charge on any atom is -0.444 e. The lowest BCUT2D eigenvalue weighted by Crippen LogP contribution is -2.22. The Hall–Kier alpha value is -1.81. The zero-order valence-corrected chi connectivity index (χ0v) is 12.1. The molecule has 1 aliphatic heterocycles. The van der Waals surface area contributed by atoms with Gasteiger partial charge in [-0.1, -0.05) is 18.2 Å². The number of nitrogens with two attached hydrogens (primary N) is 1. The molecule has 20 heavy (non-hydrogen) atoms. The molecule has 3 rings (SSSR count). The van der Waals surface area contributed by atoms with Gasteiger partial charge in [0, 0.05) is 18.2 Å². The van der Waals surface area contributed by atoms with Crippen molar-refractivity contribution in [2.75, 3.05) is 18.0 Å². The number of hydrogen-bond donors (Lipinski definition) is 1. The number of benzene rings is 1. The number of aryl methyl sites for hydroxylation is 2. The summed E-state index contributed by atoms with van der Waals surface area (Å²) in [5, 5.41) is 0. The Morgan fingerprint density at radius 3 is 2.85 bits per heavy atom. The van der Waals surface area contributed by atoms with Crippen molar-refractivity contribution in [1.82, 2.24) is 4.98 Å². The summed E-state index contributed by atoms with van der Waals surface area (Å²) >= 11 is 0. The SMILES string of the molecule is Cc1nc(CN2CC(CCN)c3ccccc32)oc1C. The maximum Gasteiger partial charge on any atom is 0.214 e. The number of anilines is 1. The monoisotopic (exact) mass is 271 g/mol. The van der Waals surface area contributed by atoms with Gasteiger partial charge < -0.3 is 15.1 Å². The first-order chi connectivity index (χ1) is 9.69. The number of rotatable bonds is 4. The Morgan fingerprint density at radius 1 is 1.35 bits per heavy atom. The minimum absolute atomic E-state index is 0.522. The summed E-state index contributed by atoms with van der Waals surface area (Å²) in [6.45, 7) is 6.40. The number of hydrogen-bond acceptors (Lipinski definition) is 4. The summed E-state index contributed by atoms with van der Waals surface area (Å²) in [6, 6.07) is 8.57. The van der Waals surface area contributed by atoms with Gasteiger partial charge in [0.1, 0.15) is 5.76 Å². The average Bonchev–Trinajstić information content (AvgIpc) is 2.93. The summed E-state index contributed by atoms with van der Waals surface area (Å²) in [4.78, 5) is 6.83. The summed E-state index contributed by atoms with van der Waals surface area (Å²) < 4.78 is 5.71. The molecule has 4 heteroatoms. The lowest BCUT2D eigenvalue weighted by Gasteiger charge is -2.17. The van der Waals surface area contributed by atoms with Crippen LogP contribution in [-0.2, 0) is 6.54 Å². The van der Waals surface area contributed by atoms with E-state index in [2.05, 4.69) is 34.1 Å². The Kier molecular flexibility index (Phi) is 3.49. The van der Waals surface area contributed by atoms with Crippen LogP contribution in [0.5, 0.6) is 0 Å². The molecule has 0 fully saturated rings.